The Morgan fingerprint density at radius 1 is 0.370 bits per heavy atom. The van der Waals surface area contributed by atoms with E-state index >= 15 is 0 Å². The summed E-state index contributed by atoms with van der Waals surface area (Å²) in [6, 6.07) is 66.5. The van der Waals surface area contributed by atoms with Crippen LogP contribution in [0.5, 0.6) is 11.5 Å². The van der Waals surface area contributed by atoms with E-state index < -0.39 is 32.4 Å². The van der Waals surface area contributed by atoms with Gasteiger partial charge in [0.05, 0.1) is 0 Å². The summed E-state index contributed by atoms with van der Waals surface area (Å²) in [5, 5.41) is 0. The van der Waals surface area contributed by atoms with E-state index in [4.69, 9.17) is 9.72 Å². The van der Waals surface area contributed by atoms with Gasteiger partial charge in [0.25, 0.3) is 0 Å². The number of ether oxygens (including phenoxy) is 1. The second-order valence-corrected chi connectivity index (χ2v) is 25.4. The van der Waals surface area contributed by atoms with Gasteiger partial charge in [-0.25, -0.2) is 0 Å². The van der Waals surface area contributed by atoms with E-state index in [1.807, 2.05) is 0 Å². The Bertz CT molecular complexity index is 2800. The topological polar surface area (TPSA) is 31.8 Å². The molecule has 1 aromatic heterocycles. The van der Waals surface area contributed by atoms with Crippen LogP contribution >= 0.6 is 0 Å². The molecule has 0 N–H and O–H groups in total. The molecule has 0 aliphatic carbocycles. The zero-order valence-electron chi connectivity index (χ0n) is 29.2. The Kier molecular flexibility index (Phi) is 6.71. The number of benzene rings is 7. The molecule has 0 radical (unpaired) electrons. The number of anilines is 9. The van der Waals surface area contributed by atoms with Gasteiger partial charge in [-0.15, -0.1) is 0 Å². The van der Waals surface area contributed by atoms with Crippen molar-refractivity contribution in [2.75, 3.05) is 14.7 Å². The number of para-hydroxylation sites is 5. The molecule has 8 aromatic rings. The summed E-state index contributed by atoms with van der Waals surface area (Å²) in [6.07, 6.45) is 0. The third-order valence-corrected chi connectivity index (χ3v) is 25.2. The van der Waals surface area contributed by atoms with Crippen LogP contribution in [-0.2, 0) is 0 Å². The molecule has 0 unspecified atom stereocenters. The Morgan fingerprint density at radius 3 is 1.56 bits per heavy atom. The van der Waals surface area contributed by atoms with E-state index in [0.29, 0.717) is 0 Å². The Labute approximate surface area is 324 Å². The number of hydrogen-bond donors (Lipinski definition) is 0. The van der Waals surface area contributed by atoms with Gasteiger partial charge in [-0.1, -0.05) is 0 Å². The first-order valence-electron chi connectivity index (χ1n) is 18.6. The predicted octanol–water partition coefficient (Wildman–Crippen LogP) is 7.57. The molecule has 0 saturated heterocycles. The average molecular weight is 806 g/mol. The molecular formula is C47H30Ga2N4O. The van der Waals surface area contributed by atoms with Crippen molar-refractivity contribution in [2.45, 2.75) is 0 Å². The summed E-state index contributed by atoms with van der Waals surface area (Å²) in [4.78, 5) is 13.5. The quantitative estimate of drug-likeness (QED) is 0.172. The fraction of sp³-hybridized carbons (Fsp3) is 0. The van der Waals surface area contributed by atoms with E-state index in [1.165, 1.54) is 59.0 Å². The van der Waals surface area contributed by atoms with Crippen LogP contribution in [0.25, 0.3) is 0 Å². The summed E-state index contributed by atoms with van der Waals surface area (Å²) in [5.41, 5.74) is 9.65. The molecule has 4 aliphatic heterocycles. The van der Waals surface area contributed by atoms with Gasteiger partial charge in [0.1, 0.15) is 0 Å². The maximum absolute atomic E-state index is 6.71. The van der Waals surface area contributed by atoms with Gasteiger partial charge < -0.3 is 0 Å². The fourth-order valence-corrected chi connectivity index (χ4v) is 23.9. The van der Waals surface area contributed by atoms with Crippen molar-refractivity contribution >= 4 is 109 Å². The standard InChI is InChI=1S/C47H30N4O.2Ga/c1-6-18-37(19-7-1)49(38-20-8-2-9-21-38)41-26-16-27-42(34-41)50(39-22-10-3-11-23-39)44-32-33-47(48-36-44)51(40-24-12-4-13-25-40)43-28-17-31-46(35-43)52-45-29-14-5-15-30-45;;/h1-20,22-29,31-32H;;. The summed E-state index contributed by atoms with van der Waals surface area (Å²) in [6.45, 7) is 0. The molecule has 0 fully saturated rings. The maximum atomic E-state index is 6.71. The van der Waals surface area contributed by atoms with Gasteiger partial charge in [0, 0.05) is 0 Å². The minimum atomic E-state index is -2.88. The van der Waals surface area contributed by atoms with Gasteiger partial charge in [-0.05, 0) is 0 Å². The van der Waals surface area contributed by atoms with Crippen LogP contribution in [0, 0.1) is 0 Å². The number of nitrogens with zero attached hydrogens (tertiary/aromatic N) is 4. The van der Waals surface area contributed by atoms with Gasteiger partial charge in [-0.2, -0.15) is 0 Å². The first kappa shape index (κ1) is 30.6. The molecule has 0 atom stereocenters. The second kappa shape index (κ2) is 11.8. The van der Waals surface area contributed by atoms with E-state index in [-0.39, 0.29) is 0 Å². The third-order valence-electron chi connectivity index (χ3n) is 11.5. The van der Waals surface area contributed by atoms with E-state index in [9.17, 15) is 0 Å². The molecule has 5 heterocycles. The normalized spacial score (nSPS) is 13.9. The molecule has 4 aliphatic rings. The molecule has 7 heteroatoms. The van der Waals surface area contributed by atoms with Crippen molar-refractivity contribution < 1.29 is 4.74 Å². The first-order chi connectivity index (χ1) is 26.8. The zero-order valence-corrected chi connectivity index (χ0v) is 34.0. The van der Waals surface area contributed by atoms with Crippen LogP contribution in [-0.4, -0.2) is 37.4 Å². The van der Waals surface area contributed by atoms with Crippen LogP contribution < -0.4 is 44.3 Å². The fourth-order valence-electron chi connectivity index (χ4n) is 9.34. The minimum absolute atomic E-state index is 0.982. The number of aromatic nitrogens is 1. The van der Waals surface area contributed by atoms with Crippen molar-refractivity contribution in [2.24, 2.45) is 0 Å². The number of rotatable bonds is 3. The summed E-state index contributed by atoms with van der Waals surface area (Å²) < 4.78 is 15.0. The van der Waals surface area contributed by atoms with Crippen LogP contribution in [0.4, 0.5) is 51.3 Å². The van der Waals surface area contributed by atoms with Crippen molar-refractivity contribution in [1.82, 2.24) is 4.98 Å². The molecule has 250 valence electrons. The van der Waals surface area contributed by atoms with Gasteiger partial charge in [-0.3, -0.25) is 0 Å². The molecule has 7 aromatic carbocycles. The van der Waals surface area contributed by atoms with Gasteiger partial charge >= 0.3 is 327 Å². The summed E-state index contributed by atoms with van der Waals surface area (Å²) in [7, 11) is 0. The molecule has 0 bridgehead atoms. The number of pyridine rings is 1. The molecular weight excluding hydrogens is 776 g/mol. The van der Waals surface area contributed by atoms with E-state index in [2.05, 4.69) is 197 Å². The molecule has 54 heavy (non-hydrogen) atoms. The third kappa shape index (κ3) is 4.29. The molecule has 0 spiro atoms. The number of hydrogen-bond acceptors (Lipinski definition) is 5. The van der Waals surface area contributed by atoms with Gasteiger partial charge in [0.15, 0.2) is 0 Å². The molecule has 0 amide bonds. The van der Waals surface area contributed by atoms with Crippen LogP contribution in [0.2, 0.25) is 0 Å². The van der Waals surface area contributed by atoms with E-state index in [1.54, 1.807) is 0 Å². The molecule has 12 rings (SSSR count). The Balaban J connectivity index is 1.20. The second-order valence-electron chi connectivity index (χ2n) is 14.3. The van der Waals surface area contributed by atoms with Crippen LogP contribution in [0.15, 0.2) is 182 Å². The van der Waals surface area contributed by atoms with Crippen LogP contribution in [0.1, 0.15) is 0 Å². The van der Waals surface area contributed by atoms with Gasteiger partial charge in [0.2, 0.25) is 0 Å². The average Bonchev–Trinajstić information content (AvgIpc) is 3.24. The summed E-state index contributed by atoms with van der Waals surface area (Å²) in [5.74, 6) is 3.04. The van der Waals surface area contributed by atoms with Crippen LogP contribution in [0.3, 0.4) is 0 Å². The van der Waals surface area contributed by atoms with Crippen molar-refractivity contribution in [3.05, 3.63) is 182 Å². The number of fused-ring (bicyclic) bond motifs is 8. The molecule has 0 saturated carbocycles. The monoisotopic (exact) mass is 804 g/mol. The van der Waals surface area contributed by atoms with Crippen molar-refractivity contribution in [3.63, 3.8) is 0 Å². The van der Waals surface area contributed by atoms with E-state index in [0.717, 1.165) is 28.7 Å². The molecule has 5 nitrogen and oxygen atoms in total. The SMILES string of the molecule is c1ccc(N2c3cccc[c]3[Ga]3[c]4nc5[c](cc4N(c4ccccc4)c4cccc2[c]43)[Ga]2[c]3ccccc3Oc3cccc([c]32)N5c2ccccc2)cc1. The summed E-state index contributed by atoms with van der Waals surface area (Å²) >= 11 is -5.64. The predicted molar refractivity (Wildman–Crippen MR) is 224 cm³/mol. The first-order valence-corrected chi connectivity index (χ1v) is 25.8. The Hall–Kier alpha value is -5.84. The Morgan fingerprint density at radius 2 is 0.870 bits per heavy atom. The van der Waals surface area contributed by atoms with Crippen molar-refractivity contribution in [1.29, 1.82) is 0 Å². The zero-order chi connectivity index (χ0) is 35.3. The van der Waals surface area contributed by atoms with Crippen molar-refractivity contribution in [3.8, 4) is 11.5 Å².